The molecule has 146 valence electrons. The first-order valence-electron chi connectivity index (χ1n) is 9.87. The fraction of sp³-hybridized carbons (Fsp3) is 0.0769. The topological polar surface area (TPSA) is 25.8 Å². The molecule has 0 aliphatic carbocycles. The summed E-state index contributed by atoms with van der Waals surface area (Å²) >= 11 is 9.90. The molecule has 0 saturated heterocycles. The maximum atomic E-state index is 5.06. The Kier molecular flexibility index (Phi) is 5.19. The zero-order valence-corrected chi connectivity index (χ0v) is 18.0. The molecule has 1 heterocycles. The van der Waals surface area contributed by atoms with Gasteiger partial charge in [-0.25, -0.2) is 9.97 Å². The van der Waals surface area contributed by atoms with Gasteiger partial charge in [0.25, 0.3) is 0 Å². The first kappa shape index (κ1) is 19.2. The molecule has 0 fully saturated rings. The maximum absolute atomic E-state index is 5.06. The molecule has 0 aliphatic heterocycles. The number of thiol groups is 2. The van der Waals surface area contributed by atoms with Gasteiger partial charge in [0.05, 0.1) is 32.9 Å². The van der Waals surface area contributed by atoms with Gasteiger partial charge in [-0.3, -0.25) is 0 Å². The van der Waals surface area contributed by atoms with Crippen molar-refractivity contribution in [3.05, 3.63) is 120 Å². The average molecular weight is 425 g/mol. The Morgan fingerprint density at radius 1 is 0.500 bits per heavy atom. The fourth-order valence-electron chi connectivity index (χ4n) is 3.76. The van der Waals surface area contributed by atoms with Crippen LogP contribution in [0.25, 0.3) is 21.8 Å². The first-order valence-corrected chi connectivity index (χ1v) is 10.9. The normalized spacial score (nSPS) is 13.4. The second-order valence-electron chi connectivity index (χ2n) is 7.31. The molecule has 0 spiro atoms. The van der Waals surface area contributed by atoms with Crippen LogP contribution < -0.4 is 0 Å². The van der Waals surface area contributed by atoms with E-state index in [9.17, 15) is 0 Å². The van der Waals surface area contributed by atoms with E-state index in [0.717, 1.165) is 44.3 Å². The number of aromatic nitrogens is 2. The third-order valence-corrected chi connectivity index (χ3v) is 6.42. The predicted molar refractivity (Wildman–Crippen MR) is 132 cm³/mol. The third kappa shape index (κ3) is 3.57. The predicted octanol–water partition coefficient (Wildman–Crippen LogP) is 6.82. The Balaban J connectivity index is 1.74. The zero-order valence-electron chi connectivity index (χ0n) is 16.2. The second-order valence-corrected chi connectivity index (χ2v) is 8.34. The lowest BCUT2D eigenvalue weighted by atomic mass is 10.0. The van der Waals surface area contributed by atoms with Crippen LogP contribution in [0, 0.1) is 0 Å². The van der Waals surface area contributed by atoms with E-state index in [2.05, 4.69) is 48.5 Å². The van der Waals surface area contributed by atoms with Gasteiger partial charge in [0.2, 0.25) is 0 Å². The van der Waals surface area contributed by atoms with Crippen molar-refractivity contribution in [2.75, 3.05) is 0 Å². The molecule has 4 aromatic carbocycles. The minimum Gasteiger partial charge on any atom is -0.248 e. The van der Waals surface area contributed by atoms with Crippen LogP contribution in [0.2, 0.25) is 0 Å². The van der Waals surface area contributed by atoms with Gasteiger partial charge in [-0.15, -0.1) is 0 Å². The van der Waals surface area contributed by atoms with Gasteiger partial charge in [-0.05, 0) is 34.0 Å². The van der Waals surface area contributed by atoms with Crippen LogP contribution in [-0.4, -0.2) is 9.97 Å². The van der Waals surface area contributed by atoms with Gasteiger partial charge in [0.15, 0.2) is 0 Å². The Morgan fingerprint density at radius 3 is 1.27 bits per heavy atom. The number of nitrogens with zero attached hydrogens (tertiary/aromatic N) is 2. The first-order chi connectivity index (χ1) is 14.7. The van der Waals surface area contributed by atoms with E-state index in [-0.39, 0.29) is 10.5 Å². The minimum absolute atomic E-state index is 0.192. The van der Waals surface area contributed by atoms with Crippen LogP contribution in [-0.2, 0) is 0 Å². The van der Waals surface area contributed by atoms with Crippen molar-refractivity contribution in [2.45, 2.75) is 10.5 Å². The molecule has 0 bridgehead atoms. The quantitative estimate of drug-likeness (QED) is 0.244. The van der Waals surface area contributed by atoms with Crippen LogP contribution in [0.3, 0.4) is 0 Å². The standard InChI is InChI=1S/C26H20N2S2/c29-25(17-9-3-1-4-10-17)23-24(26(30)18-11-5-2-6-12-18)28-22-16-20-14-8-7-13-19(20)15-21(22)27-23/h1-16,25-26,29-30H. The molecular formula is C26H20N2S2. The summed E-state index contributed by atoms with van der Waals surface area (Å²) < 4.78 is 0. The minimum atomic E-state index is -0.192. The van der Waals surface area contributed by atoms with Gasteiger partial charge < -0.3 is 0 Å². The molecule has 0 N–H and O–H groups in total. The summed E-state index contributed by atoms with van der Waals surface area (Å²) in [6, 6.07) is 32.9. The lowest BCUT2D eigenvalue weighted by molar-refractivity contribution is 0.951. The molecule has 4 heteroatoms. The van der Waals surface area contributed by atoms with Crippen molar-refractivity contribution < 1.29 is 0 Å². The summed E-state index contributed by atoms with van der Waals surface area (Å²) in [5.41, 5.74) is 5.61. The van der Waals surface area contributed by atoms with Crippen molar-refractivity contribution in [1.82, 2.24) is 9.97 Å². The van der Waals surface area contributed by atoms with Crippen LogP contribution in [0.4, 0.5) is 0 Å². The van der Waals surface area contributed by atoms with E-state index in [1.807, 2.05) is 48.5 Å². The molecular weight excluding hydrogens is 404 g/mol. The van der Waals surface area contributed by atoms with Gasteiger partial charge in [-0.1, -0.05) is 84.9 Å². The van der Waals surface area contributed by atoms with Gasteiger partial charge >= 0.3 is 0 Å². The van der Waals surface area contributed by atoms with Crippen molar-refractivity contribution in [2.24, 2.45) is 0 Å². The summed E-state index contributed by atoms with van der Waals surface area (Å²) in [5.74, 6) is 0. The molecule has 0 saturated carbocycles. The SMILES string of the molecule is SC(c1ccccc1)c1nc2cc3ccccc3cc2nc1C(S)c1ccccc1. The summed E-state index contributed by atoms with van der Waals surface area (Å²) in [7, 11) is 0. The molecule has 0 aliphatic rings. The Bertz CT molecular complexity index is 1220. The molecule has 5 aromatic rings. The van der Waals surface area contributed by atoms with Gasteiger partial charge in [-0.2, -0.15) is 25.3 Å². The lowest BCUT2D eigenvalue weighted by Crippen LogP contribution is -2.09. The van der Waals surface area contributed by atoms with Crippen LogP contribution in [0.5, 0.6) is 0 Å². The monoisotopic (exact) mass is 424 g/mol. The fourth-order valence-corrected chi connectivity index (χ4v) is 4.48. The maximum Gasteiger partial charge on any atom is 0.0897 e. The number of hydrogen-bond acceptors (Lipinski definition) is 4. The molecule has 5 rings (SSSR count). The largest absolute Gasteiger partial charge is 0.248 e. The van der Waals surface area contributed by atoms with E-state index in [0.29, 0.717) is 0 Å². The van der Waals surface area contributed by atoms with Crippen molar-refractivity contribution in [1.29, 1.82) is 0 Å². The second kappa shape index (κ2) is 8.13. The van der Waals surface area contributed by atoms with E-state index in [1.54, 1.807) is 0 Å². The van der Waals surface area contributed by atoms with Crippen molar-refractivity contribution >= 4 is 47.1 Å². The molecule has 1 aromatic heterocycles. The third-order valence-electron chi connectivity index (χ3n) is 5.34. The highest BCUT2D eigenvalue weighted by molar-refractivity contribution is 7.81. The van der Waals surface area contributed by atoms with E-state index < -0.39 is 0 Å². The Labute approximate surface area is 186 Å². The Morgan fingerprint density at radius 2 is 0.867 bits per heavy atom. The molecule has 2 atom stereocenters. The van der Waals surface area contributed by atoms with Gasteiger partial charge in [0, 0.05) is 0 Å². The summed E-state index contributed by atoms with van der Waals surface area (Å²) in [5, 5.41) is 1.92. The molecule has 2 nitrogen and oxygen atoms in total. The summed E-state index contributed by atoms with van der Waals surface area (Å²) in [6.07, 6.45) is 0. The molecule has 30 heavy (non-hydrogen) atoms. The number of rotatable bonds is 4. The number of fused-ring (bicyclic) bond motifs is 2. The molecule has 0 amide bonds. The number of benzene rings is 4. The summed E-state index contributed by atoms with van der Waals surface area (Å²) in [4.78, 5) is 10.1. The Hall–Kier alpha value is -2.82. The highest BCUT2D eigenvalue weighted by Gasteiger charge is 2.23. The van der Waals surface area contributed by atoms with Crippen LogP contribution >= 0.6 is 25.3 Å². The van der Waals surface area contributed by atoms with Crippen molar-refractivity contribution in [3.63, 3.8) is 0 Å². The van der Waals surface area contributed by atoms with E-state index in [1.165, 1.54) is 0 Å². The van der Waals surface area contributed by atoms with Crippen LogP contribution in [0.1, 0.15) is 33.0 Å². The van der Waals surface area contributed by atoms with Crippen molar-refractivity contribution in [3.8, 4) is 0 Å². The zero-order chi connectivity index (χ0) is 20.5. The highest BCUT2D eigenvalue weighted by Crippen LogP contribution is 2.37. The number of hydrogen-bond donors (Lipinski definition) is 2. The van der Waals surface area contributed by atoms with E-state index in [4.69, 9.17) is 35.2 Å². The molecule has 0 radical (unpaired) electrons. The van der Waals surface area contributed by atoms with E-state index >= 15 is 0 Å². The highest BCUT2D eigenvalue weighted by atomic mass is 32.1. The molecule has 2 unspecified atom stereocenters. The van der Waals surface area contributed by atoms with Gasteiger partial charge in [0.1, 0.15) is 0 Å². The average Bonchev–Trinajstić information content (AvgIpc) is 2.82. The summed E-state index contributed by atoms with van der Waals surface area (Å²) in [6.45, 7) is 0. The van der Waals surface area contributed by atoms with Crippen LogP contribution in [0.15, 0.2) is 97.1 Å². The smallest absolute Gasteiger partial charge is 0.0897 e. The lowest BCUT2D eigenvalue weighted by Gasteiger charge is -2.20.